The lowest BCUT2D eigenvalue weighted by molar-refractivity contribution is -0.137. The molecular weight excluding hydrogens is 490 g/mol. The maximum atomic E-state index is 14.4. The molecule has 3 heterocycles. The number of carbonyl (C=O) groups excluding carboxylic acids is 1. The van der Waals surface area contributed by atoms with Crippen LogP contribution in [0.5, 0.6) is 0 Å². The van der Waals surface area contributed by atoms with Crippen LogP contribution in [0.25, 0.3) is 0 Å². The van der Waals surface area contributed by atoms with Gasteiger partial charge < -0.3 is 9.80 Å². The van der Waals surface area contributed by atoms with Gasteiger partial charge in [-0.3, -0.25) is 9.78 Å². The molecule has 4 rings (SSSR count). The molecule has 1 aliphatic heterocycles. The number of rotatable bonds is 3. The Hall–Kier alpha value is -2.98. The Kier molecular flexibility index (Phi) is 5.92. The fourth-order valence-corrected chi connectivity index (χ4v) is 4.00. The van der Waals surface area contributed by atoms with Gasteiger partial charge in [-0.2, -0.15) is 13.2 Å². The fourth-order valence-electron chi connectivity index (χ4n) is 3.64. The van der Waals surface area contributed by atoms with E-state index in [1.165, 1.54) is 30.4 Å². The predicted octanol–water partition coefficient (Wildman–Crippen LogP) is 5.81. The van der Waals surface area contributed by atoms with Crippen molar-refractivity contribution in [3.8, 4) is 0 Å². The third-order valence-electron chi connectivity index (χ3n) is 5.18. The number of fused-ring (bicyclic) bond motifs is 1. The zero-order valence-corrected chi connectivity index (χ0v) is 18.2. The summed E-state index contributed by atoms with van der Waals surface area (Å²) in [5, 5.41) is -0.814. The zero-order valence-electron chi connectivity index (χ0n) is 16.7. The van der Waals surface area contributed by atoms with E-state index >= 15 is 0 Å². The van der Waals surface area contributed by atoms with Gasteiger partial charge in [-0.25, -0.2) is 13.8 Å². The van der Waals surface area contributed by atoms with Crippen LogP contribution in [0.1, 0.15) is 11.1 Å². The molecule has 0 bridgehead atoms. The van der Waals surface area contributed by atoms with Crippen LogP contribution in [0.15, 0.2) is 42.7 Å². The van der Waals surface area contributed by atoms with Crippen LogP contribution in [0, 0.1) is 11.6 Å². The number of nitrogens with zero attached hydrogens (tertiary/aromatic N) is 4. The molecule has 0 saturated carbocycles. The quantitative estimate of drug-likeness (QED) is 0.258. The molecule has 172 valence electrons. The summed E-state index contributed by atoms with van der Waals surface area (Å²) in [6.07, 6.45) is -1.76. The molecule has 0 saturated heterocycles. The van der Waals surface area contributed by atoms with Gasteiger partial charge in [0.1, 0.15) is 28.6 Å². The summed E-state index contributed by atoms with van der Waals surface area (Å²) in [6, 6.07) is 3.36. The summed E-state index contributed by atoms with van der Waals surface area (Å²) in [5.74, 6) is -2.94. The van der Waals surface area contributed by atoms with Crippen LogP contribution in [-0.4, -0.2) is 29.0 Å². The van der Waals surface area contributed by atoms with E-state index < -0.39 is 45.5 Å². The largest absolute Gasteiger partial charge is 0.416 e. The summed E-state index contributed by atoms with van der Waals surface area (Å²) >= 11 is 11.6. The summed E-state index contributed by atoms with van der Waals surface area (Å²) in [5.41, 5.74) is -0.374. The molecule has 1 aliphatic rings. The van der Waals surface area contributed by atoms with Gasteiger partial charge >= 0.3 is 6.18 Å². The van der Waals surface area contributed by atoms with Crippen molar-refractivity contribution in [2.75, 3.05) is 16.8 Å². The van der Waals surface area contributed by atoms with Crippen LogP contribution >= 0.6 is 23.2 Å². The van der Waals surface area contributed by atoms with Crippen molar-refractivity contribution in [2.24, 2.45) is 0 Å². The van der Waals surface area contributed by atoms with Crippen molar-refractivity contribution in [3.05, 3.63) is 75.7 Å². The summed E-state index contributed by atoms with van der Waals surface area (Å²) in [6.45, 7) is 0. The van der Waals surface area contributed by atoms with Gasteiger partial charge in [-0.05, 0) is 29.8 Å². The first-order valence-electron chi connectivity index (χ1n) is 9.36. The van der Waals surface area contributed by atoms with Crippen molar-refractivity contribution in [2.45, 2.75) is 18.6 Å². The number of amides is 1. The number of carbonyl (C=O) groups is 1. The third-order valence-corrected chi connectivity index (χ3v) is 5.67. The van der Waals surface area contributed by atoms with E-state index in [0.717, 1.165) is 17.0 Å². The Morgan fingerprint density at radius 3 is 2.58 bits per heavy atom. The molecule has 0 spiro atoms. The van der Waals surface area contributed by atoms with E-state index in [9.17, 15) is 26.7 Å². The fraction of sp³-hybridized carbons (Fsp3) is 0.190. The van der Waals surface area contributed by atoms with Crippen LogP contribution < -0.4 is 9.80 Å². The second-order valence-electron chi connectivity index (χ2n) is 7.24. The van der Waals surface area contributed by atoms with Gasteiger partial charge in [-0.15, -0.1) is 0 Å². The van der Waals surface area contributed by atoms with Gasteiger partial charge in [0.25, 0.3) is 0 Å². The minimum absolute atomic E-state index is 0.0540. The van der Waals surface area contributed by atoms with Crippen LogP contribution in [0.4, 0.5) is 39.1 Å². The number of halogens is 7. The number of pyridine rings is 2. The van der Waals surface area contributed by atoms with Crippen molar-refractivity contribution in [1.29, 1.82) is 0 Å². The molecular formula is C21H13Cl2F5N4O. The van der Waals surface area contributed by atoms with Gasteiger partial charge in [0.15, 0.2) is 0 Å². The first-order valence-corrected chi connectivity index (χ1v) is 10.1. The molecule has 1 aromatic carbocycles. The molecule has 33 heavy (non-hydrogen) atoms. The minimum Gasteiger partial charge on any atom is -0.313 e. The Bertz CT molecular complexity index is 1250. The van der Waals surface area contributed by atoms with Crippen molar-refractivity contribution in [3.63, 3.8) is 0 Å². The molecule has 0 N–H and O–H groups in total. The molecule has 12 heteroatoms. The second kappa shape index (κ2) is 8.42. The van der Waals surface area contributed by atoms with E-state index in [2.05, 4.69) is 9.97 Å². The monoisotopic (exact) mass is 502 g/mol. The summed E-state index contributed by atoms with van der Waals surface area (Å²) < 4.78 is 68.1. The first kappa shape index (κ1) is 23.2. The van der Waals surface area contributed by atoms with Crippen molar-refractivity contribution in [1.82, 2.24) is 9.97 Å². The highest BCUT2D eigenvalue weighted by Gasteiger charge is 2.40. The van der Waals surface area contributed by atoms with Gasteiger partial charge in [0, 0.05) is 37.6 Å². The molecule has 1 atom stereocenters. The van der Waals surface area contributed by atoms with E-state index in [-0.39, 0.29) is 17.9 Å². The molecule has 0 aliphatic carbocycles. The third kappa shape index (κ3) is 4.32. The normalized spacial score (nSPS) is 15.5. The maximum absolute atomic E-state index is 14.4. The van der Waals surface area contributed by atoms with E-state index in [0.29, 0.717) is 23.4 Å². The lowest BCUT2D eigenvalue weighted by atomic mass is 10.1. The lowest BCUT2D eigenvalue weighted by Gasteiger charge is -2.30. The Balaban J connectivity index is 1.80. The highest BCUT2D eigenvalue weighted by Crippen LogP contribution is 2.41. The van der Waals surface area contributed by atoms with Gasteiger partial charge in [0.2, 0.25) is 5.91 Å². The number of anilines is 3. The van der Waals surface area contributed by atoms with Gasteiger partial charge in [-0.1, -0.05) is 23.2 Å². The highest BCUT2D eigenvalue weighted by molar-refractivity contribution is 6.31. The van der Waals surface area contributed by atoms with E-state index in [4.69, 9.17) is 23.2 Å². The molecule has 3 aromatic rings. The highest BCUT2D eigenvalue weighted by atomic mass is 35.5. The molecule has 2 aromatic heterocycles. The number of hydrogen-bond acceptors (Lipinski definition) is 4. The minimum atomic E-state index is -4.70. The molecule has 0 unspecified atom stereocenters. The maximum Gasteiger partial charge on any atom is 0.416 e. The predicted molar refractivity (Wildman–Crippen MR) is 113 cm³/mol. The topological polar surface area (TPSA) is 49.3 Å². The number of likely N-dealkylation sites (N-methyl/N-ethyl adjacent to an activating group) is 1. The number of hydrogen-bond donors (Lipinski definition) is 0. The van der Waals surface area contributed by atoms with Crippen LogP contribution in [0.2, 0.25) is 10.2 Å². The Morgan fingerprint density at radius 2 is 1.88 bits per heavy atom. The molecule has 0 radical (unpaired) electrons. The first-order chi connectivity index (χ1) is 15.5. The van der Waals surface area contributed by atoms with Crippen molar-refractivity contribution < 1.29 is 26.7 Å². The van der Waals surface area contributed by atoms with E-state index in [1.54, 1.807) is 0 Å². The van der Waals surface area contributed by atoms with E-state index in [1.807, 2.05) is 0 Å². The average molecular weight is 503 g/mol. The molecule has 1 amide bonds. The zero-order chi connectivity index (χ0) is 24.1. The molecule has 0 fully saturated rings. The summed E-state index contributed by atoms with van der Waals surface area (Å²) in [4.78, 5) is 23.6. The second-order valence-corrected chi connectivity index (χ2v) is 8.04. The van der Waals surface area contributed by atoms with Crippen LogP contribution in [-0.2, 0) is 17.4 Å². The summed E-state index contributed by atoms with van der Waals surface area (Å²) in [7, 11) is 1.25. The smallest absolute Gasteiger partial charge is 0.313 e. The Morgan fingerprint density at radius 1 is 1.15 bits per heavy atom. The number of alkyl halides is 3. The van der Waals surface area contributed by atoms with Crippen LogP contribution in [0.3, 0.4) is 0 Å². The standard InChI is InChI=1S/C21H13Cl2F5N4O/c1-31(16-7-12(22)13(24)8-14(16)25)20(33)17-4-10-9-29-3-2-15(10)32(17)19-6-11(21(26,27)28)5-18(23)30-19/h2-3,5-9,17H,4H2,1H3/t17-/m1/s1. The average Bonchev–Trinajstić information content (AvgIpc) is 3.14. The Labute approximate surface area is 194 Å². The lowest BCUT2D eigenvalue weighted by Crippen LogP contribution is -2.45. The number of aromatic nitrogens is 2. The number of benzene rings is 1. The van der Waals surface area contributed by atoms with Crippen molar-refractivity contribution >= 4 is 46.3 Å². The SMILES string of the molecule is CN(C(=O)[C@H]1Cc2cnccc2N1c1cc(C(F)(F)F)cc(Cl)n1)c1cc(Cl)c(F)cc1F. The van der Waals surface area contributed by atoms with Gasteiger partial charge in [0.05, 0.1) is 16.3 Å². The molecule has 5 nitrogen and oxygen atoms in total.